The van der Waals surface area contributed by atoms with Gasteiger partial charge in [0.15, 0.2) is 0 Å². The second-order valence-electron chi connectivity index (χ2n) is 7.80. The van der Waals surface area contributed by atoms with Crippen molar-refractivity contribution >= 4 is 11.9 Å². The summed E-state index contributed by atoms with van der Waals surface area (Å²) < 4.78 is 0. The third-order valence-corrected chi connectivity index (χ3v) is 5.41. The number of hydrogen-bond donors (Lipinski definition) is 1. The molecule has 1 saturated heterocycles. The number of amides is 1. The van der Waals surface area contributed by atoms with E-state index in [1.54, 1.807) is 0 Å². The van der Waals surface area contributed by atoms with Gasteiger partial charge in [0.05, 0.1) is 11.8 Å². The van der Waals surface area contributed by atoms with Gasteiger partial charge in [0.25, 0.3) is 0 Å². The van der Waals surface area contributed by atoms with Crippen LogP contribution in [0.1, 0.15) is 59.3 Å². The van der Waals surface area contributed by atoms with Gasteiger partial charge >= 0.3 is 5.97 Å². The summed E-state index contributed by atoms with van der Waals surface area (Å²) in [4.78, 5) is 25.9. The van der Waals surface area contributed by atoms with E-state index in [1.807, 2.05) is 4.90 Å². The first-order chi connectivity index (χ1) is 9.80. The summed E-state index contributed by atoms with van der Waals surface area (Å²) >= 11 is 0. The van der Waals surface area contributed by atoms with E-state index in [2.05, 4.69) is 20.8 Å². The molecule has 4 heteroatoms. The molecule has 1 aliphatic heterocycles. The van der Waals surface area contributed by atoms with E-state index in [4.69, 9.17) is 0 Å². The summed E-state index contributed by atoms with van der Waals surface area (Å²) in [5, 5.41) is 9.26. The van der Waals surface area contributed by atoms with Crippen LogP contribution in [-0.2, 0) is 9.59 Å². The summed E-state index contributed by atoms with van der Waals surface area (Å²) in [6.45, 7) is 8.41. The van der Waals surface area contributed by atoms with Crippen molar-refractivity contribution in [3.8, 4) is 0 Å². The van der Waals surface area contributed by atoms with E-state index >= 15 is 0 Å². The van der Waals surface area contributed by atoms with E-state index in [9.17, 15) is 14.7 Å². The van der Waals surface area contributed by atoms with Crippen LogP contribution in [-0.4, -0.2) is 35.0 Å². The number of carboxylic acids is 1. The quantitative estimate of drug-likeness (QED) is 0.851. The Kier molecular flexibility index (Phi) is 4.95. The SMILES string of the molecule is CC(C)(C)C1CCCN(C(=O)C2CCCC2C(=O)O)CC1. The van der Waals surface area contributed by atoms with Crippen LogP contribution in [0.3, 0.4) is 0 Å². The molecular weight excluding hydrogens is 266 g/mol. The van der Waals surface area contributed by atoms with Crippen LogP contribution in [0.15, 0.2) is 0 Å². The van der Waals surface area contributed by atoms with Gasteiger partial charge < -0.3 is 10.0 Å². The number of hydrogen-bond acceptors (Lipinski definition) is 2. The lowest BCUT2D eigenvalue weighted by Crippen LogP contribution is -2.40. The monoisotopic (exact) mass is 295 g/mol. The van der Waals surface area contributed by atoms with Crippen molar-refractivity contribution in [1.82, 2.24) is 4.90 Å². The Morgan fingerprint density at radius 3 is 2.24 bits per heavy atom. The second kappa shape index (κ2) is 6.37. The van der Waals surface area contributed by atoms with Crippen molar-refractivity contribution in [2.75, 3.05) is 13.1 Å². The first-order valence-corrected chi connectivity index (χ1v) is 8.32. The molecule has 1 aliphatic carbocycles. The summed E-state index contributed by atoms with van der Waals surface area (Å²) in [5.41, 5.74) is 0.288. The Balaban J connectivity index is 1.99. The standard InChI is InChI=1S/C17H29NO3/c1-17(2,3)12-6-5-10-18(11-9-12)15(19)13-7-4-8-14(13)16(20)21/h12-14H,4-11H2,1-3H3,(H,20,21). The number of rotatable bonds is 2. The van der Waals surface area contributed by atoms with Gasteiger partial charge in [0.2, 0.25) is 5.91 Å². The molecule has 21 heavy (non-hydrogen) atoms. The van der Waals surface area contributed by atoms with Gasteiger partial charge in [-0.25, -0.2) is 0 Å². The molecule has 1 N–H and O–H groups in total. The molecule has 2 rings (SSSR count). The molecule has 0 bridgehead atoms. The summed E-state index contributed by atoms with van der Waals surface area (Å²) in [7, 11) is 0. The van der Waals surface area contributed by atoms with Crippen LogP contribution in [0.25, 0.3) is 0 Å². The first kappa shape index (κ1) is 16.3. The first-order valence-electron chi connectivity index (χ1n) is 8.32. The minimum Gasteiger partial charge on any atom is -0.481 e. The lowest BCUT2D eigenvalue weighted by molar-refractivity contribution is -0.149. The van der Waals surface area contributed by atoms with Gasteiger partial charge in [0.1, 0.15) is 0 Å². The fraction of sp³-hybridized carbons (Fsp3) is 0.882. The molecule has 3 atom stereocenters. The number of carboxylic acid groups (broad SMARTS) is 1. The fourth-order valence-corrected chi connectivity index (χ4v) is 3.97. The normalized spacial score (nSPS) is 31.0. The predicted molar refractivity (Wildman–Crippen MR) is 81.8 cm³/mol. The second-order valence-corrected chi connectivity index (χ2v) is 7.80. The maximum Gasteiger partial charge on any atom is 0.307 e. The Morgan fingerprint density at radius 1 is 0.952 bits per heavy atom. The molecule has 2 fully saturated rings. The van der Waals surface area contributed by atoms with E-state index in [0.29, 0.717) is 12.3 Å². The Labute approximate surface area is 127 Å². The van der Waals surface area contributed by atoms with Gasteiger partial charge in [-0.2, -0.15) is 0 Å². The third-order valence-electron chi connectivity index (χ3n) is 5.41. The van der Waals surface area contributed by atoms with Crippen LogP contribution in [0.4, 0.5) is 0 Å². The zero-order valence-electron chi connectivity index (χ0n) is 13.6. The van der Waals surface area contributed by atoms with Crippen LogP contribution < -0.4 is 0 Å². The van der Waals surface area contributed by atoms with Gasteiger partial charge in [0, 0.05) is 13.1 Å². The highest BCUT2D eigenvalue weighted by Gasteiger charge is 2.40. The molecule has 0 aromatic carbocycles. The lowest BCUT2D eigenvalue weighted by atomic mass is 9.77. The Bertz CT molecular complexity index is 399. The molecule has 1 heterocycles. The third kappa shape index (κ3) is 3.78. The van der Waals surface area contributed by atoms with Gasteiger partial charge in [-0.3, -0.25) is 9.59 Å². The Hall–Kier alpha value is -1.06. The average Bonchev–Trinajstić information content (AvgIpc) is 2.73. The van der Waals surface area contributed by atoms with Crippen LogP contribution >= 0.6 is 0 Å². The zero-order chi connectivity index (χ0) is 15.6. The molecule has 0 spiro atoms. The molecule has 1 amide bonds. The maximum absolute atomic E-state index is 12.7. The molecular formula is C17H29NO3. The van der Waals surface area contributed by atoms with Gasteiger partial charge in [-0.1, -0.05) is 27.2 Å². The summed E-state index contributed by atoms with van der Waals surface area (Å²) in [6, 6.07) is 0. The van der Waals surface area contributed by atoms with Crippen molar-refractivity contribution in [2.24, 2.45) is 23.2 Å². The van der Waals surface area contributed by atoms with Gasteiger partial charge in [-0.05, 0) is 43.4 Å². The van der Waals surface area contributed by atoms with E-state index in [0.717, 1.165) is 38.8 Å². The highest BCUT2D eigenvalue weighted by Crippen LogP contribution is 2.37. The number of nitrogens with zero attached hydrogens (tertiary/aromatic N) is 1. The summed E-state index contributed by atoms with van der Waals surface area (Å²) in [5.74, 6) is -0.801. The number of carbonyl (C=O) groups excluding carboxylic acids is 1. The number of likely N-dealkylation sites (tertiary alicyclic amines) is 1. The highest BCUT2D eigenvalue weighted by atomic mass is 16.4. The smallest absolute Gasteiger partial charge is 0.307 e. The van der Waals surface area contributed by atoms with Crippen molar-refractivity contribution in [3.05, 3.63) is 0 Å². The van der Waals surface area contributed by atoms with Gasteiger partial charge in [-0.15, -0.1) is 0 Å². The number of aliphatic carboxylic acids is 1. The minimum atomic E-state index is -0.798. The van der Waals surface area contributed by atoms with Crippen molar-refractivity contribution in [2.45, 2.75) is 59.3 Å². The lowest BCUT2D eigenvalue weighted by Gasteiger charge is -2.30. The zero-order valence-corrected chi connectivity index (χ0v) is 13.6. The maximum atomic E-state index is 12.7. The molecule has 120 valence electrons. The topological polar surface area (TPSA) is 57.6 Å². The van der Waals surface area contributed by atoms with E-state index in [1.165, 1.54) is 6.42 Å². The molecule has 2 aliphatic rings. The molecule has 4 nitrogen and oxygen atoms in total. The molecule has 0 aromatic heterocycles. The average molecular weight is 295 g/mol. The van der Waals surface area contributed by atoms with Crippen LogP contribution in [0, 0.1) is 23.2 Å². The number of carbonyl (C=O) groups is 2. The fourth-order valence-electron chi connectivity index (χ4n) is 3.97. The largest absolute Gasteiger partial charge is 0.481 e. The molecule has 0 aromatic rings. The van der Waals surface area contributed by atoms with Crippen LogP contribution in [0.5, 0.6) is 0 Å². The molecule has 3 unspecified atom stereocenters. The van der Waals surface area contributed by atoms with E-state index < -0.39 is 11.9 Å². The predicted octanol–water partition coefficient (Wildman–Crippen LogP) is 3.16. The van der Waals surface area contributed by atoms with Crippen LogP contribution in [0.2, 0.25) is 0 Å². The van der Waals surface area contributed by atoms with Crippen molar-refractivity contribution < 1.29 is 14.7 Å². The summed E-state index contributed by atoms with van der Waals surface area (Å²) in [6.07, 6.45) is 5.52. The highest BCUT2D eigenvalue weighted by molar-refractivity contribution is 5.85. The van der Waals surface area contributed by atoms with E-state index in [-0.39, 0.29) is 17.2 Å². The van der Waals surface area contributed by atoms with Crippen molar-refractivity contribution in [1.29, 1.82) is 0 Å². The Morgan fingerprint density at radius 2 is 1.62 bits per heavy atom. The molecule has 1 saturated carbocycles. The van der Waals surface area contributed by atoms with Crippen molar-refractivity contribution in [3.63, 3.8) is 0 Å². The minimum absolute atomic E-state index is 0.0921. The molecule has 0 radical (unpaired) electrons.